The third-order valence-electron chi connectivity index (χ3n) is 3.09. The van der Waals surface area contributed by atoms with Crippen LogP contribution in [0.4, 0.5) is 5.69 Å². The lowest BCUT2D eigenvalue weighted by Gasteiger charge is -2.21. The van der Waals surface area contributed by atoms with E-state index in [9.17, 15) is 4.79 Å². The Balaban J connectivity index is 2.24. The Kier molecular flexibility index (Phi) is 5.09. The SMILES string of the molecule is C=CCN(Cc1ccc(Cl)s1)C(=O)c1cc(N)cn1CC. The highest BCUT2D eigenvalue weighted by atomic mass is 35.5. The average molecular weight is 324 g/mol. The van der Waals surface area contributed by atoms with Gasteiger partial charge in [-0.1, -0.05) is 17.7 Å². The Bertz CT molecular complexity index is 647. The van der Waals surface area contributed by atoms with Crippen LogP contribution < -0.4 is 5.73 Å². The second kappa shape index (κ2) is 6.83. The minimum atomic E-state index is -0.0574. The summed E-state index contributed by atoms with van der Waals surface area (Å²) >= 11 is 7.42. The number of aromatic nitrogens is 1. The lowest BCUT2D eigenvalue weighted by Crippen LogP contribution is -2.31. The topological polar surface area (TPSA) is 51.3 Å². The maximum atomic E-state index is 12.7. The molecule has 0 atom stereocenters. The fraction of sp³-hybridized carbons (Fsp3) is 0.267. The highest BCUT2D eigenvalue weighted by molar-refractivity contribution is 7.16. The van der Waals surface area contributed by atoms with Gasteiger partial charge in [-0.25, -0.2) is 0 Å². The van der Waals surface area contributed by atoms with E-state index in [1.807, 2.05) is 23.6 Å². The van der Waals surface area contributed by atoms with Gasteiger partial charge >= 0.3 is 0 Å². The molecule has 0 bridgehead atoms. The Labute approximate surface area is 133 Å². The molecule has 6 heteroatoms. The van der Waals surface area contributed by atoms with Gasteiger partial charge in [0.1, 0.15) is 5.69 Å². The first-order valence-corrected chi connectivity index (χ1v) is 7.84. The molecule has 0 saturated carbocycles. The molecule has 0 fully saturated rings. The summed E-state index contributed by atoms with van der Waals surface area (Å²) < 4.78 is 2.58. The molecule has 2 heterocycles. The monoisotopic (exact) mass is 323 g/mol. The number of carbonyl (C=O) groups is 1. The molecule has 1 amide bonds. The number of amides is 1. The van der Waals surface area contributed by atoms with E-state index < -0.39 is 0 Å². The highest BCUT2D eigenvalue weighted by Crippen LogP contribution is 2.23. The lowest BCUT2D eigenvalue weighted by atomic mass is 10.3. The Morgan fingerprint density at radius 3 is 2.90 bits per heavy atom. The van der Waals surface area contributed by atoms with E-state index in [1.54, 1.807) is 23.2 Å². The van der Waals surface area contributed by atoms with Crippen molar-refractivity contribution in [3.05, 3.63) is 52.0 Å². The molecule has 0 spiro atoms. The number of anilines is 1. The molecule has 0 aromatic carbocycles. The number of nitrogens with zero attached hydrogens (tertiary/aromatic N) is 2. The van der Waals surface area contributed by atoms with Crippen LogP contribution in [0.2, 0.25) is 4.34 Å². The van der Waals surface area contributed by atoms with Crippen molar-refractivity contribution in [1.29, 1.82) is 0 Å². The van der Waals surface area contributed by atoms with Crippen LogP contribution in [-0.4, -0.2) is 21.9 Å². The van der Waals surface area contributed by atoms with Crippen molar-refractivity contribution in [1.82, 2.24) is 9.47 Å². The number of aryl methyl sites for hydroxylation is 1. The number of nitrogen functional groups attached to an aromatic ring is 1. The average Bonchev–Trinajstić information content (AvgIpc) is 3.03. The summed E-state index contributed by atoms with van der Waals surface area (Å²) in [5.74, 6) is -0.0574. The summed E-state index contributed by atoms with van der Waals surface area (Å²) in [6, 6.07) is 5.48. The van der Waals surface area contributed by atoms with Crippen LogP contribution in [0.15, 0.2) is 37.1 Å². The van der Waals surface area contributed by atoms with Crippen molar-refractivity contribution in [2.75, 3.05) is 12.3 Å². The fourth-order valence-corrected chi connectivity index (χ4v) is 3.24. The summed E-state index contributed by atoms with van der Waals surface area (Å²) in [6.45, 7) is 7.39. The molecule has 2 aromatic rings. The predicted molar refractivity (Wildman–Crippen MR) is 88.8 cm³/mol. The zero-order valence-electron chi connectivity index (χ0n) is 11.9. The van der Waals surface area contributed by atoms with E-state index in [2.05, 4.69) is 6.58 Å². The number of thiophene rings is 1. The second-order valence-electron chi connectivity index (χ2n) is 4.62. The molecule has 2 N–H and O–H groups in total. The minimum absolute atomic E-state index is 0.0574. The number of rotatable bonds is 6. The summed E-state index contributed by atoms with van der Waals surface area (Å²) in [5, 5.41) is 0. The van der Waals surface area contributed by atoms with Crippen LogP contribution >= 0.6 is 22.9 Å². The Hall–Kier alpha value is -1.72. The zero-order valence-corrected chi connectivity index (χ0v) is 13.5. The van der Waals surface area contributed by atoms with E-state index in [0.29, 0.717) is 31.0 Å². The van der Waals surface area contributed by atoms with Gasteiger partial charge in [0, 0.05) is 24.2 Å². The highest BCUT2D eigenvalue weighted by Gasteiger charge is 2.19. The number of halogens is 1. The van der Waals surface area contributed by atoms with Crippen LogP contribution in [0.3, 0.4) is 0 Å². The smallest absolute Gasteiger partial charge is 0.271 e. The summed E-state index contributed by atoms with van der Waals surface area (Å²) in [4.78, 5) is 15.5. The molecule has 0 saturated heterocycles. The molecule has 112 valence electrons. The molecule has 0 aliphatic heterocycles. The van der Waals surface area contributed by atoms with Crippen molar-refractivity contribution in [3.63, 3.8) is 0 Å². The van der Waals surface area contributed by atoms with Crippen molar-refractivity contribution >= 4 is 34.5 Å². The van der Waals surface area contributed by atoms with Gasteiger partial charge in [-0.05, 0) is 25.1 Å². The quantitative estimate of drug-likeness (QED) is 0.825. The van der Waals surface area contributed by atoms with Crippen molar-refractivity contribution < 1.29 is 4.79 Å². The summed E-state index contributed by atoms with van der Waals surface area (Å²) in [6.07, 6.45) is 3.50. The molecule has 0 unspecified atom stereocenters. The Morgan fingerprint density at radius 2 is 2.33 bits per heavy atom. The van der Waals surface area contributed by atoms with Crippen molar-refractivity contribution in [3.8, 4) is 0 Å². The Morgan fingerprint density at radius 1 is 1.57 bits per heavy atom. The number of hydrogen-bond donors (Lipinski definition) is 1. The maximum absolute atomic E-state index is 12.7. The van der Waals surface area contributed by atoms with Crippen LogP contribution in [-0.2, 0) is 13.1 Å². The van der Waals surface area contributed by atoms with Crippen molar-refractivity contribution in [2.45, 2.75) is 20.0 Å². The van der Waals surface area contributed by atoms with Gasteiger partial charge in [0.05, 0.1) is 16.6 Å². The zero-order chi connectivity index (χ0) is 15.4. The molecule has 21 heavy (non-hydrogen) atoms. The van der Waals surface area contributed by atoms with Gasteiger partial charge in [-0.15, -0.1) is 17.9 Å². The first kappa shape index (κ1) is 15.7. The lowest BCUT2D eigenvalue weighted by molar-refractivity contribution is 0.0753. The molecule has 2 aromatic heterocycles. The van der Waals surface area contributed by atoms with E-state index in [1.165, 1.54) is 11.3 Å². The van der Waals surface area contributed by atoms with Crippen LogP contribution in [0.25, 0.3) is 0 Å². The van der Waals surface area contributed by atoms with Gasteiger partial charge in [-0.2, -0.15) is 0 Å². The number of hydrogen-bond acceptors (Lipinski definition) is 3. The molecular weight excluding hydrogens is 306 g/mol. The van der Waals surface area contributed by atoms with Gasteiger partial charge < -0.3 is 15.2 Å². The van der Waals surface area contributed by atoms with E-state index in [-0.39, 0.29) is 5.91 Å². The van der Waals surface area contributed by atoms with Crippen LogP contribution in [0.5, 0.6) is 0 Å². The number of carbonyl (C=O) groups excluding carboxylic acids is 1. The summed E-state index contributed by atoms with van der Waals surface area (Å²) in [5.41, 5.74) is 6.99. The molecule has 0 aliphatic carbocycles. The summed E-state index contributed by atoms with van der Waals surface area (Å²) in [7, 11) is 0. The predicted octanol–water partition coefficient (Wildman–Crippen LogP) is 3.63. The molecule has 0 aliphatic rings. The van der Waals surface area contributed by atoms with Crippen LogP contribution in [0.1, 0.15) is 22.3 Å². The standard InChI is InChI=1S/C15H18ClN3OS/c1-3-7-19(10-12-5-6-14(16)21-12)15(20)13-8-11(17)9-18(13)4-2/h3,5-6,8-9H,1,4,7,10,17H2,2H3. The largest absolute Gasteiger partial charge is 0.397 e. The van der Waals surface area contributed by atoms with Gasteiger partial charge in [0.15, 0.2) is 0 Å². The normalized spacial score (nSPS) is 10.6. The van der Waals surface area contributed by atoms with E-state index in [4.69, 9.17) is 17.3 Å². The second-order valence-corrected chi connectivity index (χ2v) is 6.42. The first-order valence-electron chi connectivity index (χ1n) is 6.65. The van der Waals surface area contributed by atoms with Crippen molar-refractivity contribution in [2.24, 2.45) is 0 Å². The molecule has 0 radical (unpaired) electrons. The fourth-order valence-electron chi connectivity index (χ4n) is 2.14. The third-order valence-corrected chi connectivity index (χ3v) is 4.31. The number of nitrogens with two attached hydrogens (primary N) is 1. The van der Waals surface area contributed by atoms with Gasteiger partial charge in [0.25, 0.3) is 5.91 Å². The van der Waals surface area contributed by atoms with Gasteiger partial charge in [0.2, 0.25) is 0 Å². The van der Waals surface area contributed by atoms with Gasteiger partial charge in [-0.3, -0.25) is 4.79 Å². The molecular formula is C15H18ClN3OS. The minimum Gasteiger partial charge on any atom is -0.397 e. The first-order chi connectivity index (χ1) is 10.0. The molecule has 4 nitrogen and oxygen atoms in total. The van der Waals surface area contributed by atoms with Crippen LogP contribution in [0, 0.1) is 0 Å². The third kappa shape index (κ3) is 3.68. The van der Waals surface area contributed by atoms with E-state index in [0.717, 1.165) is 9.21 Å². The maximum Gasteiger partial charge on any atom is 0.271 e. The molecule has 2 rings (SSSR count). The van der Waals surface area contributed by atoms with E-state index >= 15 is 0 Å².